The molecule has 0 radical (unpaired) electrons. The zero-order valence-electron chi connectivity index (χ0n) is 11.0. The number of piperidine rings is 1. The number of nitrogens with zero attached hydrogens (tertiary/aromatic N) is 1. The van der Waals surface area contributed by atoms with Gasteiger partial charge in [0.25, 0.3) is 0 Å². The summed E-state index contributed by atoms with van der Waals surface area (Å²) in [5, 5.41) is 0. The van der Waals surface area contributed by atoms with Crippen molar-refractivity contribution in [2.75, 3.05) is 13.1 Å². The van der Waals surface area contributed by atoms with Crippen molar-refractivity contribution < 1.29 is 13.2 Å². The third-order valence-corrected chi connectivity index (χ3v) is 7.23. The molecule has 1 aliphatic heterocycles. The Bertz CT molecular complexity index is 623. The molecule has 1 saturated heterocycles. The van der Waals surface area contributed by atoms with E-state index in [4.69, 9.17) is 0 Å². The number of halogens is 2. The van der Waals surface area contributed by atoms with Gasteiger partial charge in [-0.3, -0.25) is 0 Å². The van der Waals surface area contributed by atoms with Crippen LogP contribution < -0.4 is 0 Å². The minimum Gasteiger partial charge on any atom is -0.303 e. The van der Waals surface area contributed by atoms with Crippen LogP contribution in [0.5, 0.6) is 0 Å². The first-order valence-electron chi connectivity index (χ1n) is 6.27. The van der Waals surface area contributed by atoms with Gasteiger partial charge in [-0.05, 0) is 53.4 Å². The first-order valence-corrected chi connectivity index (χ1v) is 9.30. The summed E-state index contributed by atoms with van der Waals surface area (Å²) in [6.45, 7) is 2.69. The lowest BCUT2D eigenvalue weighted by molar-refractivity contribution is -0.112. The van der Waals surface area contributed by atoms with Crippen LogP contribution in [0.2, 0.25) is 0 Å². The first-order chi connectivity index (χ1) is 9.36. The van der Waals surface area contributed by atoms with E-state index < -0.39 is 10.0 Å². The van der Waals surface area contributed by atoms with Gasteiger partial charge < -0.3 is 4.79 Å². The smallest absolute Gasteiger partial charge is 0.244 e. The monoisotopic (exact) mass is 423 g/mol. The van der Waals surface area contributed by atoms with Crippen LogP contribution in [0.4, 0.5) is 0 Å². The summed E-state index contributed by atoms with van der Waals surface area (Å²) >= 11 is 6.69. The van der Waals surface area contributed by atoms with Crippen molar-refractivity contribution in [3.8, 4) is 0 Å². The average Bonchev–Trinajstić information content (AvgIpc) is 2.42. The van der Waals surface area contributed by atoms with E-state index in [2.05, 4.69) is 31.9 Å². The van der Waals surface area contributed by atoms with Gasteiger partial charge >= 0.3 is 0 Å². The Balaban J connectivity index is 2.32. The van der Waals surface area contributed by atoms with Crippen molar-refractivity contribution in [1.29, 1.82) is 0 Å². The van der Waals surface area contributed by atoms with E-state index in [1.54, 1.807) is 12.1 Å². The lowest BCUT2D eigenvalue weighted by Gasteiger charge is -2.29. The molecule has 0 atom stereocenters. The topological polar surface area (TPSA) is 54.5 Å². The molecule has 1 fully saturated rings. The minimum atomic E-state index is -3.52. The van der Waals surface area contributed by atoms with Crippen LogP contribution >= 0.6 is 31.9 Å². The van der Waals surface area contributed by atoms with Gasteiger partial charge in [-0.2, -0.15) is 4.31 Å². The number of carbonyl (C=O) groups is 1. The molecule has 2 rings (SSSR count). The summed E-state index contributed by atoms with van der Waals surface area (Å²) in [6.07, 6.45) is 2.10. The number of aryl methyl sites for hydroxylation is 1. The quantitative estimate of drug-likeness (QED) is 0.700. The highest BCUT2D eigenvalue weighted by Crippen LogP contribution is 2.32. The minimum absolute atomic E-state index is 0.0188. The van der Waals surface area contributed by atoms with Crippen LogP contribution in [0.15, 0.2) is 26.0 Å². The Labute approximate surface area is 135 Å². The van der Waals surface area contributed by atoms with Crippen molar-refractivity contribution in [1.82, 2.24) is 4.31 Å². The molecule has 4 nitrogen and oxygen atoms in total. The van der Waals surface area contributed by atoms with E-state index in [0.29, 0.717) is 30.4 Å². The highest BCUT2D eigenvalue weighted by atomic mass is 79.9. The number of aldehydes is 1. The summed E-state index contributed by atoms with van der Waals surface area (Å²) < 4.78 is 28.1. The molecule has 0 aliphatic carbocycles. The van der Waals surface area contributed by atoms with Gasteiger partial charge in [-0.1, -0.05) is 15.9 Å². The molecule has 7 heteroatoms. The highest BCUT2D eigenvalue weighted by Gasteiger charge is 2.30. The zero-order valence-corrected chi connectivity index (χ0v) is 15.0. The maximum Gasteiger partial charge on any atom is 0.244 e. The van der Waals surface area contributed by atoms with Gasteiger partial charge in [0.05, 0.1) is 4.90 Å². The number of rotatable bonds is 3. The van der Waals surface area contributed by atoms with Crippen molar-refractivity contribution in [3.63, 3.8) is 0 Å². The van der Waals surface area contributed by atoms with Gasteiger partial charge in [-0.15, -0.1) is 0 Å². The van der Waals surface area contributed by atoms with Crippen LogP contribution in [0.25, 0.3) is 0 Å². The molecule has 0 aromatic heterocycles. The normalized spacial score (nSPS) is 18.1. The lowest BCUT2D eigenvalue weighted by atomic mass is 10.0. The molecule has 110 valence electrons. The van der Waals surface area contributed by atoms with Gasteiger partial charge in [0, 0.05) is 28.0 Å². The molecule has 1 aliphatic rings. The molecular formula is C13H15Br2NO3S. The van der Waals surface area contributed by atoms with Crippen LogP contribution in [-0.4, -0.2) is 32.1 Å². The van der Waals surface area contributed by atoms with E-state index >= 15 is 0 Å². The molecule has 0 unspecified atom stereocenters. The Morgan fingerprint density at radius 1 is 1.20 bits per heavy atom. The Kier molecular flexibility index (Phi) is 5.05. The van der Waals surface area contributed by atoms with Gasteiger partial charge in [0.15, 0.2) is 0 Å². The SMILES string of the molecule is Cc1cc(Br)c(S(=O)(=O)N2CCC(C=O)CC2)cc1Br. The number of benzene rings is 1. The fourth-order valence-corrected chi connectivity index (χ4v) is 5.33. The van der Waals surface area contributed by atoms with E-state index in [1.165, 1.54) is 4.31 Å². The van der Waals surface area contributed by atoms with Crippen molar-refractivity contribution in [3.05, 3.63) is 26.6 Å². The number of sulfonamides is 1. The third kappa shape index (κ3) is 3.16. The molecule has 1 aromatic rings. The summed E-state index contributed by atoms with van der Waals surface area (Å²) in [5.74, 6) is -0.0188. The van der Waals surface area contributed by atoms with Crippen LogP contribution in [0.1, 0.15) is 18.4 Å². The van der Waals surface area contributed by atoms with Crippen LogP contribution in [0, 0.1) is 12.8 Å². The first kappa shape index (κ1) is 16.1. The van der Waals surface area contributed by atoms with E-state index in [9.17, 15) is 13.2 Å². The Hall–Kier alpha value is -0.240. The number of hydrogen-bond acceptors (Lipinski definition) is 3. The van der Waals surface area contributed by atoms with Gasteiger partial charge in [0.2, 0.25) is 10.0 Å². The summed E-state index contributed by atoms with van der Waals surface area (Å²) in [5.41, 5.74) is 0.968. The summed E-state index contributed by atoms with van der Waals surface area (Å²) in [6, 6.07) is 3.41. The number of hydrogen-bond donors (Lipinski definition) is 0. The third-order valence-electron chi connectivity index (χ3n) is 3.52. The molecule has 1 heterocycles. The molecule has 0 amide bonds. The van der Waals surface area contributed by atoms with Crippen LogP contribution in [-0.2, 0) is 14.8 Å². The van der Waals surface area contributed by atoms with Gasteiger partial charge in [0.1, 0.15) is 6.29 Å². The van der Waals surface area contributed by atoms with E-state index in [1.807, 2.05) is 6.92 Å². The van der Waals surface area contributed by atoms with Crippen molar-refractivity contribution in [2.45, 2.75) is 24.7 Å². The molecule has 1 aromatic carbocycles. The zero-order chi connectivity index (χ0) is 14.9. The summed E-state index contributed by atoms with van der Waals surface area (Å²) in [4.78, 5) is 11.0. The molecule has 0 N–H and O–H groups in total. The van der Waals surface area contributed by atoms with Crippen molar-refractivity contribution in [2.24, 2.45) is 5.92 Å². The lowest BCUT2D eigenvalue weighted by Crippen LogP contribution is -2.38. The van der Waals surface area contributed by atoms with Crippen LogP contribution in [0.3, 0.4) is 0 Å². The maximum absolute atomic E-state index is 12.7. The molecular weight excluding hydrogens is 410 g/mol. The fourth-order valence-electron chi connectivity index (χ4n) is 2.22. The Morgan fingerprint density at radius 2 is 1.80 bits per heavy atom. The average molecular weight is 425 g/mol. The second kappa shape index (κ2) is 6.25. The van der Waals surface area contributed by atoms with Gasteiger partial charge in [-0.25, -0.2) is 8.42 Å². The molecule has 20 heavy (non-hydrogen) atoms. The van der Waals surface area contributed by atoms with E-state index in [0.717, 1.165) is 16.3 Å². The van der Waals surface area contributed by atoms with Crippen molar-refractivity contribution >= 4 is 48.2 Å². The number of carbonyl (C=O) groups excluding carboxylic acids is 1. The molecule has 0 spiro atoms. The summed E-state index contributed by atoms with van der Waals surface area (Å²) in [7, 11) is -3.52. The highest BCUT2D eigenvalue weighted by molar-refractivity contribution is 9.11. The largest absolute Gasteiger partial charge is 0.303 e. The van der Waals surface area contributed by atoms with E-state index in [-0.39, 0.29) is 10.8 Å². The Morgan fingerprint density at radius 3 is 2.35 bits per heavy atom. The molecule has 0 saturated carbocycles. The maximum atomic E-state index is 12.7. The predicted molar refractivity (Wildman–Crippen MR) is 84.1 cm³/mol. The second-order valence-electron chi connectivity index (χ2n) is 4.91. The fraction of sp³-hybridized carbons (Fsp3) is 0.462. The second-order valence-corrected chi connectivity index (χ2v) is 8.52. The predicted octanol–water partition coefficient (Wildman–Crippen LogP) is 3.12. The standard InChI is InChI=1S/C13H15Br2NO3S/c1-9-6-12(15)13(7-11(9)14)20(18,19)16-4-2-10(8-17)3-5-16/h6-8,10H,2-5H2,1H3. The molecule has 0 bridgehead atoms.